The predicted octanol–water partition coefficient (Wildman–Crippen LogP) is 5.06. The number of aromatic nitrogens is 3. The second kappa shape index (κ2) is 9.96. The predicted molar refractivity (Wildman–Crippen MR) is 144 cm³/mol. The number of amides is 1. The number of rotatable bonds is 6. The molecule has 2 unspecified atom stereocenters. The number of carbonyl (C=O) groups is 1. The topological polar surface area (TPSA) is 84.3 Å². The third-order valence-corrected chi connectivity index (χ3v) is 6.45. The first-order valence-corrected chi connectivity index (χ1v) is 12.0. The molecule has 0 radical (unpaired) electrons. The molecule has 8 nitrogen and oxygen atoms in total. The molecule has 10 heteroatoms. The van der Waals surface area contributed by atoms with Crippen LogP contribution >= 0.6 is 23.8 Å². The zero-order valence-electron chi connectivity index (χ0n) is 19.6. The number of methoxy groups -OCH3 is 1. The van der Waals surface area contributed by atoms with Gasteiger partial charge in [0.2, 0.25) is 5.91 Å². The van der Waals surface area contributed by atoms with Crippen molar-refractivity contribution in [2.75, 3.05) is 17.3 Å². The first-order valence-electron chi connectivity index (χ1n) is 11.2. The molecule has 4 heterocycles. The molecule has 0 bridgehead atoms. The van der Waals surface area contributed by atoms with Crippen LogP contribution in [0.25, 0.3) is 5.82 Å². The second-order valence-electron chi connectivity index (χ2n) is 8.20. The fourth-order valence-corrected chi connectivity index (χ4v) is 4.88. The van der Waals surface area contributed by atoms with E-state index in [9.17, 15) is 4.79 Å². The first kappa shape index (κ1) is 23.8. The van der Waals surface area contributed by atoms with E-state index < -0.39 is 0 Å². The molecule has 1 saturated heterocycles. The van der Waals surface area contributed by atoms with E-state index in [2.05, 4.69) is 20.6 Å². The lowest BCUT2D eigenvalue weighted by molar-refractivity contribution is -0.114. The number of ether oxygens (including phenoxy) is 1. The minimum absolute atomic E-state index is 0.196. The summed E-state index contributed by atoms with van der Waals surface area (Å²) in [5, 5.41) is 7.40. The molecule has 0 saturated carbocycles. The number of hydrogen-bond acceptors (Lipinski definition) is 5. The highest BCUT2D eigenvalue weighted by Gasteiger charge is 2.42. The van der Waals surface area contributed by atoms with Gasteiger partial charge >= 0.3 is 0 Å². The summed E-state index contributed by atoms with van der Waals surface area (Å²) in [5.74, 6) is 1.09. The van der Waals surface area contributed by atoms with Crippen molar-refractivity contribution in [3.63, 3.8) is 0 Å². The highest BCUT2D eigenvalue weighted by molar-refractivity contribution is 7.80. The Balaban J connectivity index is 1.66. The van der Waals surface area contributed by atoms with Crippen molar-refractivity contribution in [1.82, 2.24) is 19.9 Å². The lowest BCUT2D eigenvalue weighted by Crippen LogP contribution is -2.30. The smallest absolute Gasteiger partial charge is 0.221 e. The van der Waals surface area contributed by atoms with E-state index in [1.54, 1.807) is 19.5 Å². The van der Waals surface area contributed by atoms with Crippen molar-refractivity contribution in [3.05, 3.63) is 95.7 Å². The number of thiocarbonyl (C=S) groups is 1. The Kier molecular flexibility index (Phi) is 6.58. The summed E-state index contributed by atoms with van der Waals surface area (Å²) in [7, 11) is 1.56. The van der Waals surface area contributed by atoms with Gasteiger partial charge in [-0.2, -0.15) is 0 Å². The number of hydrogen-bond donors (Lipinski definition) is 2. The van der Waals surface area contributed by atoms with Crippen LogP contribution in [-0.2, 0) is 4.79 Å². The standard InChI is InChI=1S/C26H23ClN6O2S/c1-16(34)30-20-14-18(9-10-22(20)35-2)33-25(24(31-26(33)36)19-6-3-4-12-28-19)21-7-5-13-32(21)23-11-8-17(27)15-29-23/h3-15,24-25H,1-2H3,(H,30,34)(H,31,36). The molecule has 3 aromatic heterocycles. The SMILES string of the molecule is COc1ccc(N2C(=S)NC(c3ccccn3)C2c2cccn2-c2ccc(Cl)cn2)cc1NC(C)=O. The zero-order chi connectivity index (χ0) is 25.2. The van der Waals surface area contributed by atoms with E-state index in [4.69, 9.17) is 28.6 Å². The Morgan fingerprint density at radius 2 is 2.00 bits per heavy atom. The first-order chi connectivity index (χ1) is 17.5. The third-order valence-electron chi connectivity index (χ3n) is 5.91. The molecule has 1 aromatic carbocycles. The van der Waals surface area contributed by atoms with E-state index in [1.807, 2.05) is 76.3 Å². The van der Waals surface area contributed by atoms with Gasteiger partial charge in [-0.1, -0.05) is 17.7 Å². The van der Waals surface area contributed by atoms with Gasteiger partial charge in [-0.3, -0.25) is 9.78 Å². The molecule has 0 spiro atoms. The molecule has 4 aromatic rings. The lowest BCUT2D eigenvalue weighted by Gasteiger charge is -2.29. The van der Waals surface area contributed by atoms with Gasteiger partial charge < -0.3 is 24.8 Å². The van der Waals surface area contributed by atoms with Crippen molar-refractivity contribution < 1.29 is 9.53 Å². The fourth-order valence-electron chi connectivity index (χ4n) is 4.42. The number of nitrogens with one attached hydrogen (secondary N) is 2. The van der Waals surface area contributed by atoms with Crippen molar-refractivity contribution >= 4 is 46.2 Å². The van der Waals surface area contributed by atoms with Crippen LogP contribution in [-0.4, -0.2) is 32.7 Å². The van der Waals surface area contributed by atoms with Crippen LogP contribution in [0.1, 0.15) is 30.4 Å². The molecule has 182 valence electrons. The van der Waals surface area contributed by atoms with Gasteiger partial charge in [0, 0.05) is 36.9 Å². The zero-order valence-corrected chi connectivity index (χ0v) is 21.1. The molecule has 1 aliphatic heterocycles. The average molecular weight is 519 g/mol. The van der Waals surface area contributed by atoms with Crippen molar-refractivity contribution in [2.24, 2.45) is 0 Å². The van der Waals surface area contributed by atoms with E-state index in [0.717, 1.165) is 22.9 Å². The van der Waals surface area contributed by atoms with Gasteiger partial charge in [-0.25, -0.2) is 4.98 Å². The normalized spacial score (nSPS) is 17.1. The van der Waals surface area contributed by atoms with E-state index >= 15 is 0 Å². The average Bonchev–Trinajstić information content (AvgIpc) is 3.49. The third kappa shape index (κ3) is 4.50. The van der Waals surface area contributed by atoms with Gasteiger partial charge in [-0.05, 0) is 66.8 Å². The molecule has 2 N–H and O–H groups in total. The van der Waals surface area contributed by atoms with Gasteiger partial charge in [-0.15, -0.1) is 0 Å². The lowest BCUT2D eigenvalue weighted by atomic mass is 10.0. The summed E-state index contributed by atoms with van der Waals surface area (Å²) in [6.45, 7) is 1.46. The van der Waals surface area contributed by atoms with Gasteiger partial charge in [0.05, 0.1) is 29.6 Å². The number of benzene rings is 1. The van der Waals surface area contributed by atoms with Crippen molar-refractivity contribution in [2.45, 2.75) is 19.0 Å². The maximum absolute atomic E-state index is 11.8. The van der Waals surface area contributed by atoms with Gasteiger partial charge in [0.15, 0.2) is 5.11 Å². The van der Waals surface area contributed by atoms with Crippen LogP contribution in [0.3, 0.4) is 0 Å². The minimum Gasteiger partial charge on any atom is -0.495 e. The number of halogens is 1. The second-order valence-corrected chi connectivity index (χ2v) is 9.02. The molecule has 1 aliphatic rings. The highest BCUT2D eigenvalue weighted by atomic mass is 35.5. The number of carbonyl (C=O) groups excluding carboxylic acids is 1. The quantitative estimate of drug-likeness (QED) is 0.345. The molecule has 1 fully saturated rings. The van der Waals surface area contributed by atoms with Gasteiger partial charge in [0.1, 0.15) is 17.6 Å². The molecular formula is C26H23ClN6O2S. The van der Waals surface area contributed by atoms with Crippen molar-refractivity contribution in [1.29, 1.82) is 0 Å². The largest absolute Gasteiger partial charge is 0.495 e. The Bertz CT molecular complexity index is 1410. The van der Waals surface area contributed by atoms with Crippen LogP contribution in [0, 0.1) is 0 Å². The molecule has 36 heavy (non-hydrogen) atoms. The summed E-state index contributed by atoms with van der Waals surface area (Å²) in [5.41, 5.74) is 3.14. The molecular weight excluding hydrogens is 496 g/mol. The molecule has 5 rings (SSSR count). The van der Waals surface area contributed by atoms with E-state index in [-0.39, 0.29) is 18.0 Å². The fraction of sp³-hybridized carbons (Fsp3) is 0.154. The summed E-state index contributed by atoms with van der Waals surface area (Å²) in [6.07, 6.45) is 5.34. The number of nitrogens with zero attached hydrogens (tertiary/aromatic N) is 4. The van der Waals surface area contributed by atoms with E-state index in [1.165, 1.54) is 6.92 Å². The monoisotopic (exact) mass is 518 g/mol. The summed E-state index contributed by atoms with van der Waals surface area (Å²) >= 11 is 11.9. The van der Waals surface area contributed by atoms with Crippen LogP contribution in [0.5, 0.6) is 5.75 Å². The van der Waals surface area contributed by atoms with Crippen LogP contribution in [0.15, 0.2) is 79.3 Å². The van der Waals surface area contributed by atoms with Crippen molar-refractivity contribution in [3.8, 4) is 11.6 Å². The van der Waals surface area contributed by atoms with E-state index in [0.29, 0.717) is 21.6 Å². The summed E-state index contributed by atoms with van der Waals surface area (Å²) in [6, 6.07) is 18.6. The summed E-state index contributed by atoms with van der Waals surface area (Å²) in [4.78, 5) is 23.0. The van der Waals surface area contributed by atoms with Crippen LogP contribution in [0.4, 0.5) is 11.4 Å². The Hall–Kier alpha value is -3.95. The molecule has 2 atom stereocenters. The molecule has 1 amide bonds. The Morgan fingerprint density at radius 1 is 1.14 bits per heavy atom. The maximum atomic E-state index is 11.8. The molecule has 0 aliphatic carbocycles. The minimum atomic E-state index is -0.279. The highest BCUT2D eigenvalue weighted by Crippen LogP contribution is 2.43. The summed E-state index contributed by atoms with van der Waals surface area (Å²) < 4.78 is 7.46. The number of anilines is 2. The Morgan fingerprint density at radius 3 is 2.69 bits per heavy atom. The van der Waals surface area contributed by atoms with Gasteiger partial charge in [0.25, 0.3) is 0 Å². The van der Waals surface area contributed by atoms with Crippen LogP contribution < -0.4 is 20.3 Å². The maximum Gasteiger partial charge on any atom is 0.221 e. The van der Waals surface area contributed by atoms with Crippen LogP contribution in [0.2, 0.25) is 5.02 Å². The number of pyridine rings is 2. The Labute approximate surface area is 218 Å².